The van der Waals surface area contributed by atoms with Crippen molar-refractivity contribution in [2.45, 2.75) is 31.6 Å². The smallest absolute Gasteiger partial charge is 0.202 e. The molecule has 0 saturated carbocycles. The SMILES string of the molecule is COCCc1nsc(NCC2CCCc3ccccc32)n1. The highest BCUT2D eigenvalue weighted by molar-refractivity contribution is 7.09. The van der Waals surface area contributed by atoms with Crippen LogP contribution in [-0.4, -0.2) is 29.6 Å². The molecule has 0 spiro atoms. The summed E-state index contributed by atoms with van der Waals surface area (Å²) >= 11 is 1.44. The lowest BCUT2D eigenvalue weighted by Gasteiger charge is -2.25. The number of nitrogens with one attached hydrogen (secondary N) is 1. The van der Waals surface area contributed by atoms with Crippen LogP contribution in [-0.2, 0) is 17.6 Å². The summed E-state index contributed by atoms with van der Waals surface area (Å²) in [6.07, 6.45) is 4.52. The van der Waals surface area contributed by atoms with Gasteiger partial charge in [-0.2, -0.15) is 4.37 Å². The molecule has 1 atom stereocenters. The van der Waals surface area contributed by atoms with Crippen molar-refractivity contribution in [1.82, 2.24) is 9.36 Å². The molecule has 0 saturated heterocycles. The van der Waals surface area contributed by atoms with Crippen LogP contribution < -0.4 is 5.32 Å². The second-order valence-electron chi connectivity index (χ2n) is 5.43. The molecule has 0 radical (unpaired) electrons. The van der Waals surface area contributed by atoms with Crippen LogP contribution in [0, 0.1) is 0 Å². The second-order valence-corrected chi connectivity index (χ2v) is 6.18. The molecule has 0 bridgehead atoms. The van der Waals surface area contributed by atoms with Crippen molar-refractivity contribution < 1.29 is 4.74 Å². The Morgan fingerprint density at radius 2 is 2.29 bits per heavy atom. The minimum absolute atomic E-state index is 0.585. The number of fused-ring (bicyclic) bond motifs is 1. The molecular formula is C16H21N3OS. The van der Waals surface area contributed by atoms with Crippen molar-refractivity contribution in [2.75, 3.05) is 25.6 Å². The Kier molecular flexibility index (Phi) is 4.83. The van der Waals surface area contributed by atoms with Crippen LogP contribution in [0.25, 0.3) is 0 Å². The van der Waals surface area contributed by atoms with Crippen molar-refractivity contribution in [2.24, 2.45) is 0 Å². The zero-order chi connectivity index (χ0) is 14.5. The highest BCUT2D eigenvalue weighted by Crippen LogP contribution is 2.31. The van der Waals surface area contributed by atoms with Gasteiger partial charge in [-0.1, -0.05) is 24.3 Å². The van der Waals surface area contributed by atoms with Crippen molar-refractivity contribution in [1.29, 1.82) is 0 Å². The summed E-state index contributed by atoms with van der Waals surface area (Å²) < 4.78 is 9.40. The number of rotatable bonds is 6. The molecule has 1 heterocycles. The quantitative estimate of drug-likeness (QED) is 0.890. The first-order chi connectivity index (χ1) is 10.4. The number of anilines is 1. The van der Waals surface area contributed by atoms with Gasteiger partial charge in [-0.05, 0) is 30.4 Å². The van der Waals surface area contributed by atoms with E-state index in [2.05, 4.69) is 38.9 Å². The maximum atomic E-state index is 5.05. The van der Waals surface area contributed by atoms with E-state index in [1.807, 2.05) is 0 Å². The second kappa shape index (κ2) is 7.00. The molecule has 3 rings (SSSR count). The summed E-state index contributed by atoms with van der Waals surface area (Å²) in [5, 5.41) is 4.38. The standard InChI is InChI=1S/C16H21N3OS/c1-20-10-9-15-18-16(21-19-15)17-11-13-7-4-6-12-5-2-3-8-14(12)13/h2-3,5,8,13H,4,6-7,9-11H2,1H3,(H,17,18,19). The maximum absolute atomic E-state index is 5.05. The van der Waals surface area contributed by atoms with E-state index in [1.165, 1.54) is 41.9 Å². The van der Waals surface area contributed by atoms with Crippen LogP contribution in [0.2, 0.25) is 0 Å². The largest absolute Gasteiger partial charge is 0.384 e. The zero-order valence-electron chi connectivity index (χ0n) is 12.3. The molecule has 1 aromatic heterocycles. The van der Waals surface area contributed by atoms with E-state index in [4.69, 9.17) is 4.74 Å². The predicted octanol–water partition coefficient (Wildman–Crippen LogP) is 3.26. The molecule has 2 aromatic rings. The molecule has 1 aromatic carbocycles. The van der Waals surface area contributed by atoms with Crippen LogP contribution in [0.1, 0.15) is 35.7 Å². The first kappa shape index (κ1) is 14.5. The number of hydrogen-bond acceptors (Lipinski definition) is 5. The lowest BCUT2D eigenvalue weighted by molar-refractivity contribution is 0.201. The average molecular weight is 303 g/mol. The topological polar surface area (TPSA) is 47.0 Å². The van der Waals surface area contributed by atoms with Gasteiger partial charge in [0.25, 0.3) is 0 Å². The van der Waals surface area contributed by atoms with E-state index in [1.54, 1.807) is 7.11 Å². The first-order valence-electron chi connectivity index (χ1n) is 7.50. The average Bonchev–Trinajstić information content (AvgIpc) is 2.99. The van der Waals surface area contributed by atoms with Crippen molar-refractivity contribution in [3.8, 4) is 0 Å². The van der Waals surface area contributed by atoms with Gasteiger partial charge in [0.05, 0.1) is 6.61 Å². The highest BCUT2D eigenvalue weighted by atomic mass is 32.1. The number of nitrogens with zero attached hydrogens (tertiary/aromatic N) is 2. The van der Waals surface area contributed by atoms with Crippen molar-refractivity contribution in [3.05, 3.63) is 41.2 Å². The molecule has 0 aliphatic heterocycles. The molecule has 0 fully saturated rings. The number of benzene rings is 1. The minimum Gasteiger partial charge on any atom is -0.384 e. The Hall–Kier alpha value is -1.46. The summed E-state index contributed by atoms with van der Waals surface area (Å²) in [6.45, 7) is 1.61. The summed E-state index contributed by atoms with van der Waals surface area (Å²) in [6, 6.07) is 8.81. The Labute approximate surface area is 129 Å². The lowest BCUT2D eigenvalue weighted by Crippen LogP contribution is -2.18. The van der Waals surface area contributed by atoms with Crippen LogP contribution in [0.3, 0.4) is 0 Å². The molecule has 4 nitrogen and oxygen atoms in total. The van der Waals surface area contributed by atoms with Gasteiger partial charge in [-0.25, -0.2) is 4.98 Å². The molecule has 0 amide bonds. The summed E-state index contributed by atoms with van der Waals surface area (Å²) in [4.78, 5) is 4.50. The normalized spacial score (nSPS) is 17.5. The Morgan fingerprint density at radius 3 is 3.19 bits per heavy atom. The molecule has 1 aliphatic carbocycles. The van der Waals surface area contributed by atoms with Crippen LogP contribution in [0.4, 0.5) is 5.13 Å². The number of hydrogen-bond donors (Lipinski definition) is 1. The number of ether oxygens (including phenoxy) is 1. The van der Waals surface area contributed by atoms with Gasteiger partial charge >= 0.3 is 0 Å². The van der Waals surface area contributed by atoms with Crippen molar-refractivity contribution >= 4 is 16.7 Å². The number of aromatic nitrogens is 2. The third-order valence-electron chi connectivity index (χ3n) is 3.99. The fourth-order valence-electron chi connectivity index (χ4n) is 2.90. The first-order valence-corrected chi connectivity index (χ1v) is 8.27. The monoisotopic (exact) mass is 303 g/mol. The van der Waals surface area contributed by atoms with Gasteiger partial charge in [-0.15, -0.1) is 0 Å². The Bertz CT molecular complexity index is 584. The van der Waals surface area contributed by atoms with Crippen LogP contribution >= 0.6 is 11.5 Å². The minimum atomic E-state index is 0.585. The van der Waals surface area contributed by atoms with Gasteiger partial charge in [0.1, 0.15) is 5.82 Å². The van der Waals surface area contributed by atoms with Gasteiger partial charge in [0.15, 0.2) is 0 Å². The molecule has 1 aliphatic rings. The van der Waals surface area contributed by atoms with E-state index in [0.29, 0.717) is 12.5 Å². The van der Waals surface area contributed by atoms with E-state index in [0.717, 1.165) is 23.9 Å². The van der Waals surface area contributed by atoms with E-state index in [-0.39, 0.29) is 0 Å². The summed E-state index contributed by atoms with van der Waals surface area (Å²) in [5.74, 6) is 1.45. The third kappa shape index (κ3) is 3.60. The Morgan fingerprint density at radius 1 is 1.38 bits per heavy atom. The summed E-state index contributed by atoms with van der Waals surface area (Å²) in [5.41, 5.74) is 3.01. The molecule has 1 N–H and O–H groups in total. The van der Waals surface area contributed by atoms with E-state index >= 15 is 0 Å². The lowest BCUT2D eigenvalue weighted by atomic mass is 9.83. The predicted molar refractivity (Wildman–Crippen MR) is 86.1 cm³/mol. The van der Waals surface area contributed by atoms with E-state index < -0.39 is 0 Å². The molecule has 5 heteroatoms. The van der Waals surface area contributed by atoms with Gasteiger partial charge in [0, 0.05) is 37.5 Å². The molecular weight excluding hydrogens is 282 g/mol. The van der Waals surface area contributed by atoms with Gasteiger partial charge < -0.3 is 10.1 Å². The third-order valence-corrected chi connectivity index (χ3v) is 4.70. The Balaban J connectivity index is 1.59. The number of aryl methyl sites for hydroxylation is 1. The van der Waals surface area contributed by atoms with Gasteiger partial charge in [0.2, 0.25) is 5.13 Å². The maximum Gasteiger partial charge on any atom is 0.202 e. The van der Waals surface area contributed by atoms with Crippen LogP contribution in [0.15, 0.2) is 24.3 Å². The summed E-state index contributed by atoms with van der Waals surface area (Å²) in [7, 11) is 1.70. The highest BCUT2D eigenvalue weighted by Gasteiger charge is 2.19. The molecule has 21 heavy (non-hydrogen) atoms. The molecule has 1 unspecified atom stereocenters. The fourth-order valence-corrected chi connectivity index (χ4v) is 3.52. The molecule has 112 valence electrons. The van der Waals surface area contributed by atoms with Crippen LogP contribution in [0.5, 0.6) is 0 Å². The van der Waals surface area contributed by atoms with Gasteiger partial charge in [-0.3, -0.25) is 0 Å². The fraction of sp³-hybridized carbons (Fsp3) is 0.500. The number of methoxy groups -OCH3 is 1. The van der Waals surface area contributed by atoms with Crippen molar-refractivity contribution in [3.63, 3.8) is 0 Å². The zero-order valence-corrected chi connectivity index (χ0v) is 13.2. The van der Waals surface area contributed by atoms with E-state index in [9.17, 15) is 0 Å².